The maximum atomic E-state index is 12.5. The Morgan fingerprint density at radius 3 is 1.95 bits per heavy atom. The fourth-order valence-electron chi connectivity index (χ4n) is 2.41. The summed E-state index contributed by atoms with van der Waals surface area (Å²) in [6.45, 7) is 5.45. The van der Waals surface area contributed by atoms with Crippen molar-refractivity contribution in [2.75, 3.05) is 7.11 Å². The Balaban J connectivity index is 2.49. The summed E-state index contributed by atoms with van der Waals surface area (Å²) in [6, 6.07) is 10.3. The van der Waals surface area contributed by atoms with Crippen LogP contribution in [-0.2, 0) is 10.1 Å². The third-order valence-electron chi connectivity index (χ3n) is 3.12. The van der Waals surface area contributed by atoms with Crippen molar-refractivity contribution < 1.29 is 17.3 Å². The van der Waals surface area contributed by atoms with E-state index in [1.807, 2.05) is 19.1 Å². The lowest BCUT2D eigenvalue weighted by atomic mass is 10.1. The summed E-state index contributed by atoms with van der Waals surface area (Å²) in [7, 11) is -2.43. The van der Waals surface area contributed by atoms with E-state index in [1.54, 1.807) is 38.1 Å². The maximum Gasteiger partial charge on any atom is 0.339 e. The highest BCUT2D eigenvalue weighted by Crippen LogP contribution is 2.31. The molecule has 112 valence electrons. The molecule has 0 saturated carbocycles. The van der Waals surface area contributed by atoms with Gasteiger partial charge in [-0.25, -0.2) is 0 Å². The highest BCUT2D eigenvalue weighted by Gasteiger charge is 2.23. The Morgan fingerprint density at radius 2 is 1.43 bits per heavy atom. The minimum Gasteiger partial charge on any atom is -0.493 e. The number of aryl methyl sites for hydroxylation is 3. The fourth-order valence-corrected chi connectivity index (χ4v) is 3.77. The van der Waals surface area contributed by atoms with Crippen LogP contribution in [0.4, 0.5) is 0 Å². The molecule has 21 heavy (non-hydrogen) atoms. The van der Waals surface area contributed by atoms with E-state index in [0.717, 1.165) is 5.56 Å². The molecule has 0 aliphatic rings. The molecule has 0 N–H and O–H groups in total. The molecule has 2 aromatic rings. The smallest absolute Gasteiger partial charge is 0.339 e. The van der Waals surface area contributed by atoms with Crippen molar-refractivity contribution in [2.45, 2.75) is 25.7 Å². The van der Waals surface area contributed by atoms with Crippen LogP contribution >= 0.6 is 0 Å². The Labute approximate surface area is 125 Å². The lowest BCUT2D eigenvalue weighted by molar-refractivity contribution is 0.390. The van der Waals surface area contributed by atoms with Crippen LogP contribution in [0.2, 0.25) is 0 Å². The molecular weight excluding hydrogens is 288 g/mol. The van der Waals surface area contributed by atoms with Gasteiger partial charge in [-0.05, 0) is 44.0 Å². The molecule has 0 spiro atoms. The van der Waals surface area contributed by atoms with Gasteiger partial charge in [0.1, 0.15) is 4.90 Å². The minimum absolute atomic E-state index is 0.180. The van der Waals surface area contributed by atoms with E-state index >= 15 is 0 Å². The number of hydrogen-bond acceptors (Lipinski definition) is 4. The highest BCUT2D eigenvalue weighted by atomic mass is 32.2. The molecule has 0 atom stereocenters. The average molecular weight is 306 g/mol. The van der Waals surface area contributed by atoms with Crippen molar-refractivity contribution in [3.8, 4) is 11.5 Å². The van der Waals surface area contributed by atoms with E-state index in [-0.39, 0.29) is 10.6 Å². The van der Waals surface area contributed by atoms with E-state index < -0.39 is 10.1 Å². The summed E-state index contributed by atoms with van der Waals surface area (Å²) in [5.74, 6) is 0.558. The van der Waals surface area contributed by atoms with Crippen LogP contribution in [0.3, 0.4) is 0 Å². The number of ether oxygens (including phenoxy) is 1. The average Bonchev–Trinajstić information content (AvgIpc) is 2.37. The van der Waals surface area contributed by atoms with Gasteiger partial charge < -0.3 is 8.92 Å². The first-order chi connectivity index (χ1) is 9.85. The van der Waals surface area contributed by atoms with Crippen LogP contribution in [0.1, 0.15) is 16.7 Å². The standard InChI is InChI=1S/C16H18O4S/c1-11-9-12(2)16(13(3)10-11)21(17,18)20-15-8-6-5-7-14(15)19-4/h5-10H,1-4H3. The molecule has 2 rings (SSSR count). The molecule has 0 amide bonds. The summed E-state index contributed by atoms with van der Waals surface area (Å²) in [4.78, 5) is 0.207. The summed E-state index contributed by atoms with van der Waals surface area (Å²) in [5, 5.41) is 0. The van der Waals surface area contributed by atoms with Gasteiger partial charge in [0, 0.05) is 0 Å². The van der Waals surface area contributed by atoms with E-state index in [1.165, 1.54) is 7.11 Å². The second-order valence-electron chi connectivity index (χ2n) is 4.92. The number of hydrogen-bond donors (Lipinski definition) is 0. The lowest BCUT2D eigenvalue weighted by Crippen LogP contribution is -2.13. The van der Waals surface area contributed by atoms with Crippen molar-refractivity contribution in [3.63, 3.8) is 0 Å². The lowest BCUT2D eigenvalue weighted by Gasteiger charge is -2.14. The van der Waals surface area contributed by atoms with E-state index in [9.17, 15) is 8.42 Å². The molecule has 0 aromatic heterocycles. The zero-order valence-corrected chi connectivity index (χ0v) is 13.3. The van der Waals surface area contributed by atoms with E-state index in [2.05, 4.69) is 0 Å². The van der Waals surface area contributed by atoms with Crippen LogP contribution in [0.25, 0.3) is 0 Å². The van der Waals surface area contributed by atoms with Crippen LogP contribution in [0.5, 0.6) is 11.5 Å². The third kappa shape index (κ3) is 3.19. The Morgan fingerprint density at radius 1 is 0.905 bits per heavy atom. The summed E-state index contributed by atoms with van der Waals surface area (Å²) in [5.41, 5.74) is 2.35. The maximum absolute atomic E-state index is 12.5. The zero-order chi connectivity index (χ0) is 15.6. The molecule has 0 fully saturated rings. The predicted octanol–water partition coefficient (Wildman–Crippen LogP) is 3.39. The number of benzene rings is 2. The molecule has 0 bridgehead atoms. The molecule has 0 aliphatic carbocycles. The van der Waals surface area contributed by atoms with E-state index in [0.29, 0.717) is 16.9 Å². The monoisotopic (exact) mass is 306 g/mol. The predicted molar refractivity (Wildman–Crippen MR) is 81.5 cm³/mol. The first-order valence-corrected chi connectivity index (χ1v) is 7.91. The topological polar surface area (TPSA) is 52.6 Å². The Kier molecular flexibility index (Phi) is 4.23. The van der Waals surface area contributed by atoms with Gasteiger partial charge in [-0.15, -0.1) is 0 Å². The zero-order valence-electron chi connectivity index (χ0n) is 12.5. The van der Waals surface area contributed by atoms with Gasteiger partial charge in [-0.1, -0.05) is 29.8 Å². The largest absolute Gasteiger partial charge is 0.493 e. The normalized spacial score (nSPS) is 11.2. The highest BCUT2D eigenvalue weighted by molar-refractivity contribution is 7.87. The van der Waals surface area contributed by atoms with Crippen molar-refractivity contribution in [1.82, 2.24) is 0 Å². The van der Waals surface area contributed by atoms with Gasteiger partial charge in [0.05, 0.1) is 7.11 Å². The molecule has 5 heteroatoms. The third-order valence-corrected chi connectivity index (χ3v) is 4.67. The summed E-state index contributed by atoms with van der Waals surface area (Å²) in [6.07, 6.45) is 0. The molecule has 0 heterocycles. The number of para-hydroxylation sites is 2. The van der Waals surface area contributed by atoms with Crippen molar-refractivity contribution in [2.24, 2.45) is 0 Å². The molecule has 2 aromatic carbocycles. The summed E-state index contributed by atoms with van der Waals surface area (Å²) >= 11 is 0. The van der Waals surface area contributed by atoms with E-state index in [4.69, 9.17) is 8.92 Å². The van der Waals surface area contributed by atoms with Crippen LogP contribution in [-0.4, -0.2) is 15.5 Å². The molecule has 0 saturated heterocycles. The molecule has 0 aliphatic heterocycles. The molecule has 4 nitrogen and oxygen atoms in total. The fraction of sp³-hybridized carbons (Fsp3) is 0.250. The van der Waals surface area contributed by atoms with Gasteiger partial charge in [-0.3, -0.25) is 0 Å². The van der Waals surface area contributed by atoms with Gasteiger partial charge in [0.15, 0.2) is 11.5 Å². The number of rotatable bonds is 4. The minimum atomic E-state index is -3.90. The Hall–Kier alpha value is -2.01. The first kappa shape index (κ1) is 15.4. The SMILES string of the molecule is COc1ccccc1OS(=O)(=O)c1c(C)cc(C)cc1C. The van der Waals surface area contributed by atoms with Gasteiger partial charge in [0.25, 0.3) is 0 Å². The number of methoxy groups -OCH3 is 1. The molecule has 0 radical (unpaired) electrons. The Bertz CT molecular complexity index is 741. The van der Waals surface area contributed by atoms with Crippen LogP contribution in [0.15, 0.2) is 41.3 Å². The second-order valence-corrected chi connectivity index (χ2v) is 6.40. The first-order valence-electron chi connectivity index (χ1n) is 6.50. The van der Waals surface area contributed by atoms with Gasteiger partial charge in [0.2, 0.25) is 0 Å². The van der Waals surface area contributed by atoms with Crippen molar-refractivity contribution >= 4 is 10.1 Å². The van der Waals surface area contributed by atoms with Crippen molar-refractivity contribution in [1.29, 1.82) is 0 Å². The van der Waals surface area contributed by atoms with Crippen LogP contribution in [0, 0.1) is 20.8 Å². The summed E-state index contributed by atoms with van der Waals surface area (Å²) < 4.78 is 35.5. The van der Waals surface area contributed by atoms with Crippen molar-refractivity contribution in [3.05, 3.63) is 53.1 Å². The van der Waals surface area contributed by atoms with Gasteiger partial charge in [-0.2, -0.15) is 8.42 Å². The quantitative estimate of drug-likeness (QED) is 0.813. The van der Waals surface area contributed by atoms with Crippen LogP contribution < -0.4 is 8.92 Å². The molecular formula is C16H18O4S. The second kappa shape index (κ2) is 5.77. The van der Waals surface area contributed by atoms with Gasteiger partial charge >= 0.3 is 10.1 Å². The molecule has 0 unspecified atom stereocenters.